The molecule has 4 heteroatoms. The smallest absolute Gasteiger partial charge is 0.223 e. The summed E-state index contributed by atoms with van der Waals surface area (Å²) < 4.78 is 2.29. The minimum atomic E-state index is -0.0611. The van der Waals surface area contributed by atoms with E-state index in [4.69, 9.17) is 4.98 Å². The van der Waals surface area contributed by atoms with Gasteiger partial charge in [0.1, 0.15) is 5.82 Å². The summed E-state index contributed by atoms with van der Waals surface area (Å²) in [7, 11) is 0. The molecule has 1 aromatic carbocycles. The van der Waals surface area contributed by atoms with E-state index in [1.54, 1.807) is 0 Å². The number of imidazole rings is 1. The first kappa shape index (κ1) is 18.0. The summed E-state index contributed by atoms with van der Waals surface area (Å²) in [6.07, 6.45) is 6.80. The zero-order valence-corrected chi connectivity index (χ0v) is 15.8. The number of fused-ring (bicyclic) bond motifs is 1. The van der Waals surface area contributed by atoms with E-state index < -0.39 is 0 Å². The van der Waals surface area contributed by atoms with Crippen LogP contribution in [0.4, 0.5) is 0 Å². The molecular weight excluding hydrogens is 310 g/mol. The van der Waals surface area contributed by atoms with E-state index in [1.165, 1.54) is 19.3 Å². The summed E-state index contributed by atoms with van der Waals surface area (Å²) in [5.41, 5.74) is 2.18. The molecular formula is C21H31N3O. The van der Waals surface area contributed by atoms with E-state index in [0.29, 0.717) is 5.92 Å². The second-order valence-electron chi connectivity index (χ2n) is 7.86. The van der Waals surface area contributed by atoms with E-state index in [0.717, 1.165) is 42.7 Å². The van der Waals surface area contributed by atoms with Gasteiger partial charge in [0, 0.05) is 12.5 Å². The number of amides is 1. The fraction of sp³-hybridized carbons (Fsp3) is 0.619. The van der Waals surface area contributed by atoms with E-state index >= 15 is 0 Å². The van der Waals surface area contributed by atoms with E-state index in [9.17, 15) is 4.79 Å². The second kappa shape index (κ2) is 8.03. The first-order valence-electron chi connectivity index (χ1n) is 9.81. The van der Waals surface area contributed by atoms with Crippen molar-refractivity contribution in [2.75, 3.05) is 0 Å². The molecule has 136 valence electrons. The van der Waals surface area contributed by atoms with Gasteiger partial charge in [0.25, 0.3) is 0 Å². The van der Waals surface area contributed by atoms with Crippen molar-refractivity contribution < 1.29 is 4.79 Å². The molecule has 1 fully saturated rings. The van der Waals surface area contributed by atoms with Crippen LogP contribution >= 0.6 is 0 Å². The molecule has 0 bridgehead atoms. The average Bonchev–Trinajstić information content (AvgIpc) is 2.99. The first-order valence-corrected chi connectivity index (χ1v) is 9.81. The molecule has 3 rings (SSSR count). The molecule has 1 unspecified atom stereocenters. The van der Waals surface area contributed by atoms with E-state index in [-0.39, 0.29) is 17.9 Å². The van der Waals surface area contributed by atoms with Gasteiger partial charge in [-0.05, 0) is 44.2 Å². The van der Waals surface area contributed by atoms with Gasteiger partial charge >= 0.3 is 0 Å². The third kappa shape index (κ3) is 4.23. The van der Waals surface area contributed by atoms with Crippen LogP contribution in [-0.4, -0.2) is 15.5 Å². The van der Waals surface area contributed by atoms with Crippen LogP contribution in [0.1, 0.15) is 71.2 Å². The van der Waals surface area contributed by atoms with Gasteiger partial charge in [-0.25, -0.2) is 4.98 Å². The van der Waals surface area contributed by atoms with Crippen molar-refractivity contribution in [2.24, 2.45) is 11.8 Å². The number of nitrogens with one attached hydrogen (secondary N) is 1. The quantitative estimate of drug-likeness (QED) is 0.817. The van der Waals surface area contributed by atoms with Crippen LogP contribution in [0.15, 0.2) is 24.3 Å². The van der Waals surface area contributed by atoms with Gasteiger partial charge in [-0.1, -0.05) is 45.2 Å². The van der Waals surface area contributed by atoms with Gasteiger partial charge in [0.05, 0.1) is 17.1 Å². The lowest BCUT2D eigenvalue weighted by Gasteiger charge is -2.23. The highest BCUT2D eigenvalue weighted by atomic mass is 16.1. The summed E-state index contributed by atoms with van der Waals surface area (Å²) in [4.78, 5) is 17.5. The topological polar surface area (TPSA) is 46.9 Å². The van der Waals surface area contributed by atoms with Crippen molar-refractivity contribution in [1.29, 1.82) is 0 Å². The Labute approximate surface area is 151 Å². The summed E-state index contributed by atoms with van der Waals surface area (Å²) in [6, 6.07) is 8.21. The van der Waals surface area contributed by atoms with Crippen molar-refractivity contribution in [2.45, 2.75) is 71.9 Å². The fourth-order valence-electron chi connectivity index (χ4n) is 3.81. The molecule has 0 saturated heterocycles. The van der Waals surface area contributed by atoms with Gasteiger partial charge < -0.3 is 9.88 Å². The Morgan fingerprint density at radius 3 is 2.64 bits per heavy atom. The Morgan fingerprint density at radius 1 is 1.20 bits per heavy atom. The van der Waals surface area contributed by atoms with Crippen molar-refractivity contribution in [3.63, 3.8) is 0 Å². The number of carbonyl (C=O) groups excluding carboxylic acids is 1. The lowest BCUT2D eigenvalue weighted by molar-refractivity contribution is -0.126. The van der Waals surface area contributed by atoms with E-state index in [1.807, 2.05) is 6.07 Å². The average molecular weight is 341 g/mol. The van der Waals surface area contributed by atoms with Crippen molar-refractivity contribution in [3.05, 3.63) is 30.1 Å². The normalized spacial score (nSPS) is 17.1. The molecule has 4 nitrogen and oxygen atoms in total. The van der Waals surface area contributed by atoms with Crippen molar-refractivity contribution >= 4 is 16.9 Å². The summed E-state index contributed by atoms with van der Waals surface area (Å²) in [5, 5.41) is 3.23. The van der Waals surface area contributed by atoms with Gasteiger partial charge in [-0.15, -0.1) is 0 Å². The molecule has 2 aromatic rings. The zero-order valence-electron chi connectivity index (χ0n) is 15.8. The monoisotopic (exact) mass is 341 g/mol. The first-order chi connectivity index (χ1) is 12.1. The van der Waals surface area contributed by atoms with Crippen LogP contribution in [0, 0.1) is 11.8 Å². The number of rotatable bonds is 6. The number of nitrogens with zero attached hydrogens (tertiary/aromatic N) is 2. The SMILES string of the molecule is CC(C)CCn1c(C(C)NC(=O)C2CCCCC2)nc2ccccc21. The molecule has 1 aliphatic carbocycles. The molecule has 1 heterocycles. The number of aryl methyl sites for hydroxylation is 1. The van der Waals surface area contributed by atoms with Crippen LogP contribution in [0.3, 0.4) is 0 Å². The Hall–Kier alpha value is -1.84. The van der Waals surface area contributed by atoms with Crippen LogP contribution in [0.2, 0.25) is 0 Å². The highest BCUT2D eigenvalue weighted by Crippen LogP contribution is 2.26. The van der Waals surface area contributed by atoms with Gasteiger partial charge in [-0.2, -0.15) is 0 Å². The molecule has 0 aliphatic heterocycles. The van der Waals surface area contributed by atoms with Crippen LogP contribution in [0.25, 0.3) is 11.0 Å². The number of hydrogen-bond acceptors (Lipinski definition) is 2. The second-order valence-corrected chi connectivity index (χ2v) is 7.86. The third-order valence-corrected chi connectivity index (χ3v) is 5.34. The summed E-state index contributed by atoms with van der Waals surface area (Å²) >= 11 is 0. The molecule has 1 amide bonds. The molecule has 1 aromatic heterocycles. The van der Waals surface area contributed by atoms with Crippen LogP contribution in [-0.2, 0) is 11.3 Å². The lowest BCUT2D eigenvalue weighted by Crippen LogP contribution is -2.35. The maximum Gasteiger partial charge on any atom is 0.223 e. The maximum absolute atomic E-state index is 12.6. The number of hydrogen-bond donors (Lipinski definition) is 1. The van der Waals surface area contributed by atoms with Gasteiger partial charge in [0.15, 0.2) is 0 Å². The zero-order chi connectivity index (χ0) is 17.8. The molecule has 1 aliphatic rings. The number of benzene rings is 1. The standard InChI is InChI=1S/C21H31N3O/c1-15(2)13-14-24-19-12-8-7-11-18(19)23-20(24)16(3)22-21(25)17-9-5-4-6-10-17/h7-8,11-12,15-17H,4-6,9-10,13-14H2,1-3H3,(H,22,25). The fourth-order valence-corrected chi connectivity index (χ4v) is 3.81. The highest BCUT2D eigenvalue weighted by molar-refractivity contribution is 5.80. The highest BCUT2D eigenvalue weighted by Gasteiger charge is 2.24. The Kier molecular flexibility index (Phi) is 5.77. The Bertz CT molecular complexity index is 713. The number of aromatic nitrogens is 2. The largest absolute Gasteiger partial charge is 0.346 e. The number of para-hydroxylation sites is 2. The third-order valence-electron chi connectivity index (χ3n) is 5.34. The Morgan fingerprint density at radius 2 is 1.92 bits per heavy atom. The molecule has 1 atom stereocenters. The summed E-state index contributed by atoms with van der Waals surface area (Å²) in [5.74, 6) is 2.01. The molecule has 1 saturated carbocycles. The molecule has 0 radical (unpaired) electrons. The maximum atomic E-state index is 12.6. The molecule has 0 spiro atoms. The Balaban J connectivity index is 1.80. The van der Waals surface area contributed by atoms with Gasteiger partial charge in [-0.3, -0.25) is 4.79 Å². The van der Waals surface area contributed by atoms with Gasteiger partial charge in [0.2, 0.25) is 5.91 Å². The lowest BCUT2D eigenvalue weighted by atomic mass is 9.88. The van der Waals surface area contributed by atoms with Crippen LogP contribution in [0.5, 0.6) is 0 Å². The predicted octanol–water partition coefficient (Wildman–Crippen LogP) is 4.84. The molecule has 25 heavy (non-hydrogen) atoms. The predicted molar refractivity (Wildman–Crippen MR) is 102 cm³/mol. The van der Waals surface area contributed by atoms with Crippen molar-refractivity contribution in [1.82, 2.24) is 14.9 Å². The minimum Gasteiger partial charge on any atom is -0.346 e. The molecule has 1 N–H and O–H groups in total. The van der Waals surface area contributed by atoms with Crippen LogP contribution < -0.4 is 5.32 Å². The van der Waals surface area contributed by atoms with Crippen molar-refractivity contribution in [3.8, 4) is 0 Å². The minimum absolute atomic E-state index is 0.0611. The number of carbonyl (C=O) groups is 1. The summed E-state index contributed by atoms with van der Waals surface area (Å²) in [6.45, 7) is 7.49. The van der Waals surface area contributed by atoms with E-state index in [2.05, 4.69) is 48.9 Å².